The minimum absolute atomic E-state index is 0.341. The molecule has 0 bridgehead atoms. The number of carbonyl (C=O) groups is 1. The molecule has 0 spiro atoms. The predicted octanol–water partition coefficient (Wildman–Crippen LogP) is 2.58. The molecule has 1 amide bonds. The number of amides is 1. The van der Waals surface area contributed by atoms with E-state index in [2.05, 4.69) is 20.6 Å². The van der Waals surface area contributed by atoms with E-state index in [0.717, 1.165) is 16.1 Å². The quantitative estimate of drug-likeness (QED) is 0.777. The summed E-state index contributed by atoms with van der Waals surface area (Å²) in [5.41, 5.74) is 2.31. The third-order valence-corrected chi connectivity index (χ3v) is 4.43. The molecule has 0 aliphatic rings. The highest BCUT2D eigenvalue weighted by Crippen LogP contribution is 2.18. The molecular formula is C17H17N5O2S. The van der Waals surface area contributed by atoms with Gasteiger partial charge in [-0.3, -0.25) is 14.9 Å². The number of hydrogen-bond acceptors (Lipinski definition) is 6. The Kier molecular flexibility index (Phi) is 4.71. The molecule has 0 fully saturated rings. The van der Waals surface area contributed by atoms with Gasteiger partial charge in [0.15, 0.2) is 0 Å². The normalized spacial score (nSPS) is 12.0. The van der Waals surface area contributed by atoms with E-state index in [1.165, 1.54) is 22.1 Å². The van der Waals surface area contributed by atoms with E-state index in [0.29, 0.717) is 10.8 Å². The van der Waals surface area contributed by atoms with E-state index < -0.39 is 6.04 Å². The summed E-state index contributed by atoms with van der Waals surface area (Å²) in [6.07, 6.45) is 0. The van der Waals surface area contributed by atoms with Crippen LogP contribution in [0.25, 0.3) is 11.3 Å². The van der Waals surface area contributed by atoms with E-state index in [9.17, 15) is 9.59 Å². The Hall–Kier alpha value is -2.87. The van der Waals surface area contributed by atoms with Gasteiger partial charge in [0.2, 0.25) is 5.13 Å². The second-order valence-electron chi connectivity index (χ2n) is 5.66. The topological polar surface area (TPSA) is 89.8 Å². The number of anilines is 1. The highest BCUT2D eigenvalue weighted by molar-refractivity contribution is 7.15. The second kappa shape index (κ2) is 6.94. The first-order chi connectivity index (χ1) is 11.9. The molecule has 0 saturated heterocycles. The van der Waals surface area contributed by atoms with Crippen molar-refractivity contribution in [2.45, 2.75) is 26.8 Å². The highest BCUT2D eigenvalue weighted by atomic mass is 32.1. The molecule has 1 N–H and O–H groups in total. The summed E-state index contributed by atoms with van der Waals surface area (Å²) in [4.78, 5) is 24.5. The maximum Gasteiger partial charge on any atom is 0.267 e. The molecule has 8 heteroatoms. The van der Waals surface area contributed by atoms with Gasteiger partial charge in [0.05, 0.1) is 5.69 Å². The van der Waals surface area contributed by atoms with Crippen LogP contribution in [-0.2, 0) is 4.79 Å². The molecule has 0 radical (unpaired) electrons. The van der Waals surface area contributed by atoms with Crippen LogP contribution < -0.4 is 10.9 Å². The lowest BCUT2D eigenvalue weighted by Gasteiger charge is -2.14. The highest BCUT2D eigenvalue weighted by Gasteiger charge is 2.19. The van der Waals surface area contributed by atoms with Gasteiger partial charge in [-0.2, -0.15) is 5.10 Å². The van der Waals surface area contributed by atoms with Crippen molar-refractivity contribution in [3.05, 3.63) is 57.3 Å². The molecule has 2 aromatic heterocycles. The van der Waals surface area contributed by atoms with Crippen molar-refractivity contribution in [3.8, 4) is 11.3 Å². The van der Waals surface area contributed by atoms with Crippen LogP contribution in [0.1, 0.15) is 23.5 Å². The molecule has 3 rings (SSSR count). The summed E-state index contributed by atoms with van der Waals surface area (Å²) >= 11 is 1.27. The van der Waals surface area contributed by atoms with Crippen LogP contribution in [0.2, 0.25) is 0 Å². The largest absolute Gasteiger partial charge is 0.299 e. The second-order valence-corrected chi connectivity index (χ2v) is 6.84. The lowest BCUT2D eigenvalue weighted by atomic mass is 10.1. The molecule has 1 aromatic carbocycles. The Morgan fingerprint density at radius 2 is 1.84 bits per heavy atom. The van der Waals surface area contributed by atoms with Gasteiger partial charge in [-0.05, 0) is 26.8 Å². The van der Waals surface area contributed by atoms with Crippen molar-refractivity contribution in [1.82, 2.24) is 20.0 Å². The third kappa shape index (κ3) is 3.80. The number of nitrogens with zero attached hydrogens (tertiary/aromatic N) is 4. The van der Waals surface area contributed by atoms with Crippen LogP contribution >= 0.6 is 11.3 Å². The standard InChI is InChI=1S/C17H17N5O2S/c1-10-4-6-13(7-5-10)14-8-9-15(23)22(21-14)11(2)16(24)18-17-20-19-12(3)25-17/h4-9,11H,1-3H3,(H,18,20,24). The molecule has 1 unspecified atom stereocenters. The first-order valence-electron chi connectivity index (χ1n) is 7.72. The molecule has 7 nitrogen and oxygen atoms in total. The number of rotatable bonds is 4. The lowest BCUT2D eigenvalue weighted by Crippen LogP contribution is -2.33. The third-order valence-electron chi connectivity index (χ3n) is 3.67. The molecule has 1 atom stereocenters. The summed E-state index contributed by atoms with van der Waals surface area (Å²) in [5.74, 6) is -0.369. The van der Waals surface area contributed by atoms with Gasteiger partial charge in [-0.1, -0.05) is 41.2 Å². The van der Waals surface area contributed by atoms with Crippen LogP contribution in [0.5, 0.6) is 0 Å². The molecule has 128 valence electrons. The van der Waals surface area contributed by atoms with Gasteiger partial charge in [-0.25, -0.2) is 4.68 Å². The number of benzene rings is 1. The van der Waals surface area contributed by atoms with Crippen molar-refractivity contribution >= 4 is 22.4 Å². The molecule has 0 saturated carbocycles. The maximum absolute atomic E-state index is 12.4. The van der Waals surface area contributed by atoms with Gasteiger partial charge >= 0.3 is 0 Å². The first kappa shape index (κ1) is 17.0. The van der Waals surface area contributed by atoms with E-state index in [1.54, 1.807) is 19.9 Å². The Morgan fingerprint density at radius 3 is 2.48 bits per heavy atom. The fraction of sp³-hybridized carbons (Fsp3) is 0.235. The summed E-state index contributed by atoms with van der Waals surface area (Å²) in [6, 6.07) is 10.1. The summed E-state index contributed by atoms with van der Waals surface area (Å²) in [7, 11) is 0. The number of hydrogen-bond donors (Lipinski definition) is 1. The van der Waals surface area contributed by atoms with Gasteiger partial charge in [0.25, 0.3) is 11.5 Å². The molecule has 0 aliphatic carbocycles. The van der Waals surface area contributed by atoms with E-state index >= 15 is 0 Å². The van der Waals surface area contributed by atoms with Crippen molar-refractivity contribution in [1.29, 1.82) is 0 Å². The smallest absolute Gasteiger partial charge is 0.267 e. The van der Waals surface area contributed by atoms with Crippen molar-refractivity contribution in [2.24, 2.45) is 0 Å². The fourth-order valence-electron chi connectivity index (χ4n) is 2.25. The predicted molar refractivity (Wildman–Crippen MR) is 96.7 cm³/mol. The number of aryl methyl sites for hydroxylation is 2. The van der Waals surface area contributed by atoms with Crippen LogP contribution in [0.3, 0.4) is 0 Å². The maximum atomic E-state index is 12.4. The molecule has 0 aliphatic heterocycles. The monoisotopic (exact) mass is 355 g/mol. The Morgan fingerprint density at radius 1 is 1.12 bits per heavy atom. The molecule has 2 heterocycles. The zero-order chi connectivity index (χ0) is 18.0. The first-order valence-corrected chi connectivity index (χ1v) is 8.53. The molecular weight excluding hydrogens is 338 g/mol. The van der Waals surface area contributed by atoms with Crippen LogP contribution in [0.15, 0.2) is 41.2 Å². The Labute approximate surface area is 148 Å². The van der Waals surface area contributed by atoms with Gasteiger partial charge in [-0.15, -0.1) is 10.2 Å². The average Bonchev–Trinajstić information content (AvgIpc) is 3.00. The van der Waals surface area contributed by atoms with Crippen LogP contribution in [0.4, 0.5) is 5.13 Å². The summed E-state index contributed by atoms with van der Waals surface area (Å²) < 4.78 is 1.18. The van der Waals surface area contributed by atoms with Crippen LogP contribution in [0, 0.1) is 13.8 Å². The van der Waals surface area contributed by atoms with Gasteiger partial charge in [0.1, 0.15) is 11.0 Å². The molecule has 25 heavy (non-hydrogen) atoms. The van der Waals surface area contributed by atoms with E-state index in [4.69, 9.17) is 0 Å². The number of aromatic nitrogens is 4. The van der Waals surface area contributed by atoms with E-state index in [1.807, 2.05) is 31.2 Å². The Bertz CT molecular complexity index is 962. The number of carbonyl (C=O) groups excluding carboxylic acids is 1. The minimum Gasteiger partial charge on any atom is -0.299 e. The van der Waals surface area contributed by atoms with Crippen molar-refractivity contribution in [3.63, 3.8) is 0 Å². The summed E-state index contributed by atoms with van der Waals surface area (Å²) in [5, 5.41) is 15.9. The van der Waals surface area contributed by atoms with Crippen molar-refractivity contribution < 1.29 is 4.79 Å². The summed E-state index contributed by atoms with van der Waals surface area (Å²) in [6.45, 7) is 5.42. The van der Waals surface area contributed by atoms with Crippen LogP contribution in [-0.4, -0.2) is 25.9 Å². The van der Waals surface area contributed by atoms with Crippen molar-refractivity contribution in [2.75, 3.05) is 5.32 Å². The minimum atomic E-state index is -0.776. The zero-order valence-corrected chi connectivity index (χ0v) is 14.9. The fourth-order valence-corrected chi connectivity index (χ4v) is 2.84. The Balaban J connectivity index is 1.87. The number of nitrogens with one attached hydrogen (secondary N) is 1. The van der Waals surface area contributed by atoms with Gasteiger partial charge in [0, 0.05) is 11.6 Å². The average molecular weight is 355 g/mol. The molecule has 3 aromatic rings. The van der Waals surface area contributed by atoms with E-state index in [-0.39, 0.29) is 11.5 Å². The lowest BCUT2D eigenvalue weighted by molar-refractivity contribution is -0.119. The zero-order valence-electron chi connectivity index (χ0n) is 14.1. The van der Waals surface area contributed by atoms with Gasteiger partial charge < -0.3 is 0 Å². The SMILES string of the molecule is Cc1ccc(-c2ccc(=O)n(C(C)C(=O)Nc3nnc(C)s3)n2)cc1.